The summed E-state index contributed by atoms with van der Waals surface area (Å²) < 4.78 is 13.7. The van der Waals surface area contributed by atoms with E-state index in [9.17, 15) is 0 Å². The Kier molecular flexibility index (Phi) is 7.31. The van der Waals surface area contributed by atoms with Crippen LogP contribution in [0.4, 0.5) is 0 Å². The number of nitrogens with zero attached hydrogens (tertiary/aromatic N) is 5. The third-order valence-electron chi connectivity index (χ3n) is 5.74. The maximum atomic E-state index is 6.13. The lowest BCUT2D eigenvalue weighted by molar-refractivity contribution is -0.0721. The first-order valence-electron chi connectivity index (χ1n) is 11.0. The summed E-state index contributed by atoms with van der Waals surface area (Å²) in [6.07, 6.45) is 11.7. The summed E-state index contributed by atoms with van der Waals surface area (Å²) in [6, 6.07) is 5.95. The van der Waals surface area contributed by atoms with Crippen LogP contribution in [-0.2, 0) is 16.0 Å². The summed E-state index contributed by atoms with van der Waals surface area (Å²) >= 11 is 0. The first-order valence-corrected chi connectivity index (χ1v) is 11.0. The third kappa shape index (κ3) is 5.58. The summed E-state index contributed by atoms with van der Waals surface area (Å²) in [5, 5.41) is 7.73. The van der Waals surface area contributed by atoms with Gasteiger partial charge in [-0.3, -0.25) is 4.99 Å². The Morgan fingerprint density at radius 3 is 2.90 bits per heavy atom. The molecule has 0 radical (unpaired) electrons. The van der Waals surface area contributed by atoms with Crippen molar-refractivity contribution in [3.8, 4) is 5.82 Å². The molecular weight excluding hydrogens is 380 g/mol. The summed E-state index contributed by atoms with van der Waals surface area (Å²) in [6.45, 7) is 4.21. The smallest absolute Gasteiger partial charge is 0.193 e. The molecular formula is C22H32N6O2. The van der Waals surface area contributed by atoms with Crippen LogP contribution in [0.25, 0.3) is 5.82 Å². The maximum absolute atomic E-state index is 6.13. The molecule has 0 aromatic carbocycles. The first kappa shape index (κ1) is 20.8. The lowest BCUT2D eigenvalue weighted by Gasteiger charge is -2.35. The SMILES string of the molecule is CN=C(NCc1ccnc(-n2cccn2)c1)N1CCC(OCC2CCCCO2)CC1. The summed E-state index contributed by atoms with van der Waals surface area (Å²) in [4.78, 5) is 11.2. The molecule has 2 aromatic heterocycles. The van der Waals surface area contributed by atoms with E-state index < -0.39 is 0 Å². The van der Waals surface area contributed by atoms with Gasteiger partial charge in [0.05, 0.1) is 18.8 Å². The van der Waals surface area contributed by atoms with Gasteiger partial charge in [0, 0.05) is 51.9 Å². The van der Waals surface area contributed by atoms with Gasteiger partial charge in [-0.15, -0.1) is 0 Å². The molecule has 0 amide bonds. The number of likely N-dealkylation sites (tertiary alicyclic amines) is 1. The topological polar surface area (TPSA) is 76.8 Å². The van der Waals surface area contributed by atoms with E-state index in [1.165, 1.54) is 12.8 Å². The maximum Gasteiger partial charge on any atom is 0.193 e. The molecule has 8 heteroatoms. The van der Waals surface area contributed by atoms with E-state index in [1.54, 1.807) is 10.9 Å². The number of hydrogen-bond donors (Lipinski definition) is 1. The standard InChI is InChI=1S/C22H32N6O2/c1-23-22(25-16-18-6-10-24-21(15-18)28-11-4-9-26-28)27-12-7-19(8-13-27)30-17-20-5-2-3-14-29-20/h4,6,9-11,15,19-20H,2-3,5,7-8,12-14,16-17H2,1H3,(H,23,25). The van der Waals surface area contributed by atoms with Gasteiger partial charge < -0.3 is 19.7 Å². The van der Waals surface area contributed by atoms with Crippen molar-refractivity contribution in [1.29, 1.82) is 0 Å². The number of hydrogen-bond acceptors (Lipinski definition) is 5. The van der Waals surface area contributed by atoms with E-state index in [4.69, 9.17) is 9.47 Å². The zero-order chi connectivity index (χ0) is 20.6. The van der Waals surface area contributed by atoms with Gasteiger partial charge in [-0.25, -0.2) is 9.67 Å². The fourth-order valence-electron chi connectivity index (χ4n) is 4.03. The highest BCUT2D eigenvalue weighted by Crippen LogP contribution is 2.18. The molecule has 0 aliphatic carbocycles. The molecule has 1 N–H and O–H groups in total. The zero-order valence-corrected chi connectivity index (χ0v) is 17.7. The van der Waals surface area contributed by atoms with Crippen LogP contribution in [0.2, 0.25) is 0 Å². The number of aliphatic imine (C=N–C) groups is 1. The lowest BCUT2D eigenvalue weighted by atomic mass is 10.1. The number of pyridine rings is 1. The van der Waals surface area contributed by atoms with Gasteiger partial charge in [-0.05, 0) is 55.9 Å². The minimum atomic E-state index is 0.290. The predicted molar refractivity (Wildman–Crippen MR) is 116 cm³/mol. The van der Waals surface area contributed by atoms with Crippen LogP contribution >= 0.6 is 0 Å². The molecule has 0 saturated carbocycles. The Balaban J connectivity index is 1.23. The van der Waals surface area contributed by atoms with Crippen molar-refractivity contribution in [2.75, 3.05) is 33.4 Å². The molecule has 1 unspecified atom stereocenters. The van der Waals surface area contributed by atoms with Gasteiger partial charge in [0.1, 0.15) is 0 Å². The fraction of sp³-hybridized carbons (Fsp3) is 0.591. The zero-order valence-electron chi connectivity index (χ0n) is 17.7. The highest BCUT2D eigenvalue weighted by atomic mass is 16.5. The number of rotatable bonds is 6. The van der Waals surface area contributed by atoms with E-state index in [0.29, 0.717) is 18.8 Å². The quantitative estimate of drug-likeness (QED) is 0.580. The Bertz CT molecular complexity index is 796. The van der Waals surface area contributed by atoms with Crippen LogP contribution in [0.5, 0.6) is 0 Å². The van der Waals surface area contributed by atoms with E-state index in [1.807, 2.05) is 37.6 Å². The largest absolute Gasteiger partial charge is 0.376 e. The van der Waals surface area contributed by atoms with Crippen LogP contribution in [0.3, 0.4) is 0 Å². The first-order chi connectivity index (χ1) is 14.8. The van der Waals surface area contributed by atoms with Crippen LogP contribution < -0.4 is 5.32 Å². The molecule has 162 valence electrons. The van der Waals surface area contributed by atoms with E-state index in [0.717, 1.165) is 62.9 Å². The summed E-state index contributed by atoms with van der Waals surface area (Å²) in [5.41, 5.74) is 1.14. The van der Waals surface area contributed by atoms with Gasteiger partial charge in [0.25, 0.3) is 0 Å². The highest BCUT2D eigenvalue weighted by molar-refractivity contribution is 5.80. The Hall–Kier alpha value is -2.45. The average Bonchev–Trinajstić information content (AvgIpc) is 3.35. The number of piperidine rings is 1. The molecule has 1 atom stereocenters. The fourth-order valence-corrected chi connectivity index (χ4v) is 4.03. The molecule has 8 nitrogen and oxygen atoms in total. The molecule has 4 rings (SSSR count). The molecule has 30 heavy (non-hydrogen) atoms. The van der Waals surface area contributed by atoms with Gasteiger partial charge in [0.2, 0.25) is 0 Å². The molecule has 2 fully saturated rings. The Morgan fingerprint density at radius 2 is 2.17 bits per heavy atom. The van der Waals surface area contributed by atoms with E-state index in [2.05, 4.69) is 25.3 Å². The Labute approximate surface area is 178 Å². The average molecular weight is 413 g/mol. The van der Waals surface area contributed by atoms with Crippen molar-refractivity contribution >= 4 is 5.96 Å². The minimum absolute atomic E-state index is 0.290. The molecule has 0 spiro atoms. The number of aromatic nitrogens is 3. The number of guanidine groups is 1. The molecule has 2 saturated heterocycles. The molecule has 2 aliphatic rings. The van der Waals surface area contributed by atoms with Crippen molar-refractivity contribution < 1.29 is 9.47 Å². The monoisotopic (exact) mass is 412 g/mol. The molecule has 4 heterocycles. The second-order valence-electron chi connectivity index (χ2n) is 7.88. The van der Waals surface area contributed by atoms with Crippen molar-refractivity contribution in [3.63, 3.8) is 0 Å². The van der Waals surface area contributed by atoms with Crippen LogP contribution in [0.15, 0.2) is 41.8 Å². The van der Waals surface area contributed by atoms with Crippen LogP contribution in [0.1, 0.15) is 37.7 Å². The minimum Gasteiger partial charge on any atom is -0.376 e. The molecule has 2 aliphatic heterocycles. The Morgan fingerprint density at radius 1 is 1.27 bits per heavy atom. The van der Waals surface area contributed by atoms with Gasteiger partial charge in [-0.2, -0.15) is 5.10 Å². The normalized spacial score (nSPS) is 21.0. The second-order valence-corrected chi connectivity index (χ2v) is 7.88. The molecule has 2 aromatic rings. The number of ether oxygens (including phenoxy) is 2. The van der Waals surface area contributed by atoms with Gasteiger partial charge in [0.15, 0.2) is 11.8 Å². The summed E-state index contributed by atoms with van der Waals surface area (Å²) in [7, 11) is 1.84. The lowest BCUT2D eigenvalue weighted by Crippen LogP contribution is -2.47. The van der Waals surface area contributed by atoms with E-state index >= 15 is 0 Å². The summed E-state index contributed by atoms with van der Waals surface area (Å²) in [5.74, 6) is 1.75. The molecule has 0 bridgehead atoms. The second kappa shape index (κ2) is 10.5. The van der Waals surface area contributed by atoms with Crippen LogP contribution in [0, 0.1) is 0 Å². The van der Waals surface area contributed by atoms with Crippen molar-refractivity contribution in [2.24, 2.45) is 4.99 Å². The third-order valence-corrected chi connectivity index (χ3v) is 5.74. The van der Waals surface area contributed by atoms with Crippen LogP contribution in [-0.4, -0.2) is 71.2 Å². The van der Waals surface area contributed by atoms with Crippen molar-refractivity contribution in [3.05, 3.63) is 42.4 Å². The van der Waals surface area contributed by atoms with Crippen molar-refractivity contribution in [2.45, 2.75) is 50.9 Å². The highest BCUT2D eigenvalue weighted by Gasteiger charge is 2.23. The van der Waals surface area contributed by atoms with Crippen molar-refractivity contribution in [1.82, 2.24) is 25.0 Å². The van der Waals surface area contributed by atoms with Gasteiger partial charge in [-0.1, -0.05) is 0 Å². The van der Waals surface area contributed by atoms with E-state index in [-0.39, 0.29) is 0 Å². The predicted octanol–water partition coefficient (Wildman–Crippen LogP) is 2.39. The number of nitrogens with one attached hydrogen (secondary N) is 1. The van der Waals surface area contributed by atoms with Gasteiger partial charge >= 0.3 is 0 Å².